The third kappa shape index (κ3) is 4.10. The summed E-state index contributed by atoms with van der Waals surface area (Å²) in [5, 5.41) is 13.4. The van der Waals surface area contributed by atoms with E-state index >= 15 is 0 Å². The molecule has 164 valence electrons. The maximum absolute atomic E-state index is 13.1. The van der Waals surface area contributed by atoms with E-state index in [0.717, 1.165) is 51.0 Å². The van der Waals surface area contributed by atoms with Gasteiger partial charge in [0.2, 0.25) is 5.91 Å². The fourth-order valence-electron chi connectivity index (χ4n) is 6.10. The second kappa shape index (κ2) is 8.31. The molecular formula is C27H34N2O2. The molecule has 0 radical (unpaired) electrons. The van der Waals surface area contributed by atoms with Crippen molar-refractivity contribution in [2.75, 3.05) is 19.6 Å². The Morgan fingerprint density at radius 2 is 1.65 bits per heavy atom. The molecule has 2 aliphatic carbocycles. The van der Waals surface area contributed by atoms with Crippen molar-refractivity contribution in [1.82, 2.24) is 10.2 Å². The van der Waals surface area contributed by atoms with E-state index in [4.69, 9.17) is 0 Å². The highest BCUT2D eigenvalue weighted by molar-refractivity contribution is 5.82. The van der Waals surface area contributed by atoms with E-state index in [2.05, 4.69) is 40.5 Å². The summed E-state index contributed by atoms with van der Waals surface area (Å²) in [6.07, 6.45) is 8.07. The maximum Gasteiger partial charge on any atom is 0.223 e. The van der Waals surface area contributed by atoms with Gasteiger partial charge in [-0.2, -0.15) is 0 Å². The molecule has 0 aromatic heterocycles. The molecule has 1 amide bonds. The zero-order valence-electron chi connectivity index (χ0n) is 18.4. The fraction of sp³-hybridized carbons (Fsp3) is 0.519. The number of nitrogens with zero attached hydrogens (tertiary/aromatic N) is 1. The minimum Gasteiger partial charge on any atom is -0.508 e. The summed E-state index contributed by atoms with van der Waals surface area (Å²) in [4.78, 5) is 15.5. The minimum atomic E-state index is 0.125. The number of hydrogen-bond donors (Lipinski definition) is 2. The van der Waals surface area contributed by atoms with Crippen molar-refractivity contribution in [3.8, 4) is 5.75 Å². The SMILES string of the molecule is O=C(NCC1(c2ccccc2)CCCC1)C1CC12CCN(Cc1ccccc1O)CC2. The van der Waals surface area contributed by atoms with Gasteiger partial charge in [-0.25, -0.2) is 0 Å². The van der Waals surface area contributed by atoms with Crippen LogP contribution in [0.4, 0.5) is 0 Å². The summed E-state index contributed by atoms with van der Waals surface area (Å²) < 4.78 is 0. The van der Waals surface area contributed by atoms with Gasteiger partial charge in [-0.1, -0.05) is 61.4 Å². The summed E-state index contributed by atoms with van der Waals surface area (Å²) >= 11 is 0. The molecule has 0 bridgehead atoms. The summed E-state index contributed by atoms with van der Waals surface area (Å²) in [6, 6.07) is 18.4. The zero-order chi connectivity index (χ0) is 21.3. The Balaban J connectivity index is 1.14. The van der Waals surface area contributed by atoms with E-state index in [9.17, 15) is 9.90 Å². The van der Waals surface area contributed by atoms with Crippen molar-refractivity contribution < 1.29 is 9.90 Å². The van der Waals surface area contributed by atoms with Gasteiger partial charge in [-0.15, -0.1) is 0 Å². The van der Waals surface area contributed by atoms with Crippen LogP contribution < -0.4 is 5.32 Å². The lowest BCUT2D eigenvalue weighted by Crippen LogP contribution is -2.41. The van der Waals surface area contributed by atoms with Crippen molar-refractivity contribution in [1.29, 1.82) is 0 Å². The smallest absolute Gasteiger partial charge is 0.223 e. The zero-order valence-corrected chi connectivity index (χ0v) is 18.4. The molecule has 5 rings (SSSR count). The predicted octanol–water partition coefficient (Wildman–Crippen LogP) is 4.62. The molecule has 1 heterocycles. The van der Waals surface area contributed by atoms with Crippen LogP contribution in [0.15, 0.2) is 54.6 Å². The van der Waals surface area contributed by atoms with Crippen LogP contribution in [-0.2, 0) is 16.8 Å². The summed E-state index contributed by atoms with van der Waals surface area (Å²) in [6.45, 7) is 3.58. The summed E-state index contributed by atoms with van der Waals surface area (Å²) in [7, 11) is 0. The molecule has 1 saturated heterocycles. The Bertz CT molecular complexity index is 912. The molecule has 3 aliphatic rings. The van der Waals surface area contributed by atoms with Crippen LogP contribution in [0.3, 0.4) is 0 Å². The first-order chi connectivity index (χ1) is 15.1. The van der Waals surface area contributed by atoms with Crippen LogP contribution in [0.25, 0.3) is 0 Å². The van der Waals surface area contributed by atoms with Crippen LogP contribution in [-0.4, -0.2) is 35.5 Å². The molecular weight excluding hydrogens is 384 g/mol. The average molecular weight is 419 g/mol. The molecule has 4 nitrogen and oxygen atoms in total. The average Bonchev–Trinajstić information content (AvgIpc) is 3.28. The number of nitrogens with one attached hydrogen (secondary N) is 1. The number of aromatic hydroxyl groups is 1. The minimum absolute atomic E-state index is 0.125. The maximum atomic E-state index is 13.1. The van der Waals surface area contributed by atoms with E-state index in [1.54, 1.807) is 6.07 Å². The molecule has 1 atom stereocenters. The van der Waals surface area contributed by atoms with Gasteiger partial charge < -0.3 is 10.4 Å². The third-order valence-corrected chi connectivity index (χ3v) is 8.29. The Kier molecular flexibility index (Phi) is 5.51. The lowest BCUT2D eigenvalue weighted by atomic mass is 9.78. The molecule has 1 spiro atoms. The first-order valence-corrected chi connectivity index (χ1v) is 11.9. The van der Waals surface area contributed by atoms with Crippen LogP contribution in [0.2, 0.25) is 0 Å². The van der Waals surface area contributed by atoms with E-state index in [0.29, 0.717) is 5.75 Å². The lowest BCUT2D eigenvalue weighted by Gasteiger charge is -2.33. The quantitative estimate of drug-likeness (QED) is 0.720. The normalized spacial score (nSPS) is 24.2. The Hall–Kier alpha value is -2.33. The molecule has 1 aliphatic heterocycles. The number of phenolic OH excluding ortho intramolecular Hbond substituents is 1. The molecule has 1 unspecified atom stereocenters. The first kappa shape index (κ1) is 20.6. The van der Waals surface area contributed by atoms with Gasteiger partial charge in [0.15, 0.2) is 0 Å². The summed E-state index contributed by atoms with van der Waals surface area (Å²) in [5.41, 5.74) is 2.72. The number of carbonyl (C=O) groups is 1. The highest BCUT2D eigenvalue weighted by atomic mass is 16.3. The Morgan fingerprint density at radius 1 is 0.968 bits per heavy atom. The second-order valence-electron chi connectivity index (χ2n) is 10.1. The van der Waals surface area contributed by atoms with Crippen molar-refractivity contribution in [2.24, 2.45) is 11.3 Å². The molecule has 2 aromatic carbocycles. The Labute approximate surface area is 185 Å². The van der Waals surface area contributed by atoms with Crippen LogP contribution in [0.1, 0.15) is 56.1 Å². The number of piperidine rings is 1. The number of rotatable bonds is 6. The van der Waals surface area contributed by atoms with Crippen LogP contribution in [0.5, 0.6) is 5.75 Å². The monoisotopic (exact) mass is 418 g/mol. The van der Waals surface area contributed by atoms with Crippen LogP contribution >= 0.6 is 0 Å². The van der Waals surface area contributed by atoms with Gasteiger partial charge in [0, 0.05) is 30.0 Å². The standard InChI is InChI=1S/C27H34N2O2/c30-24-11-5-4-8-21(24)19-29-16-14-26(15-17-29)18-23(26)25(31)28-20-27(12-6-7-13-27)22-9-2-1-3-10-22/h1-5,8-11,23,30H,6-7,12-20H2,(H,28,31). The third-order valence-electron chi connectivity index (χ3n) is 8.29. The number of amides is 1. The Morgan fingerprint density at radius 3 is 2.35 bits per heavy atom. The number of likely N-dealkylation sites (tertiary alicyclic amines) is 1. The number of hydrogen-bond acceptors (Lipinski definition) is 3. The van der Waals surface area contributed by atoms with Gasteiger partial charge in [-0.3, -0.25) is 9.69 Å². The van der Waals surface area contributed by atoms with E-state index in [-0.39, 0.29) is 22.7 Å². The van der Waals surface area contributed by atoms with Gasteiger partial charge >= 0.3 is 0 Å². The van der Waals surface area contributed by atoms with Crippen molar-refractivity contribution in [3.63, 3.8) is 0 Å². The van der Waals surface area contributed by atoms with Gasteiger partial charge in [-0.05, 0) is 62.2 Å². The van der Waals surface area contributed by atoms with Crippen molar-refractivity contribution in [3.05, 3.63) is 65.7 Å². The lowest BCUT2D eigenvalue weighted by molar-refractivity contribution is -0.123. The predicted molar refractivity (Wildman–Crippen MR) is 123 cm³/mol. The van der Waals surface area contributed by atoms with Crippen molar-refractivity contribution in [2.45, 2.75) is 56.9 Å². The van der Waals surface area contributed by atoms with Crippen LogP contribution in [0, 0.1) is 11.3 Å². The molecule has 4 heteroatoms. The van der Waals surface area contributed by atoms with E-state index in [1.165, 1.54) is 31.2 Å². The van der Waals surface area contributed by atoms with Gasteiger partial charge in [0.05, 0.1) is 0 Å². The number of phenols is 1. The highest BCUT2D eigenvalue weighted by Gasteiger charge is 2.58. The number of para-hydroxylation sites is 1. The molecule has 2 N–H and O–H groups in total. The first-order valence-electron chi connectivity index (χ1n) is 11.9. The van der Waals surface area contributed by atoms with Gasteiger partial charge in [0.25, 0.3) is 0 Å². The molecule has 31 heavy (non-hydrogen) atoms. The molecule has 2 aromatic rings. The molecule has 2 saturated carbocycles. The summed E-state index contributed by atoms with van der Waals surface area (Å²) in [5.74, 6) is 0.844. The number of benzene rings is 2. The number of carbonyl (C=O) groups excluding carboxylic acids is 1. The van der Waals surface area contributed by atoms with Gasteiger partial charge in [0.1, 0.15) is 5.75 Å². The van der Waals surface area contributed by atoms with Crippen molar-refractivity contribution >= 4 is 5.91 Å². The highest BCUT2D eigenvalue weighted by Crippen LogP contribution is 2.59. The second-order valence-corrected chi connectivity index (χ2v) is 10.1. The van der Waals surface area contributed by atoms with E-state index in [1.807, 2.05) is 18.2 Å². The van der Waals surface area contributed by atoms with E-state index < -0.39 is 0 Å². The topological polar surface area (TPSA) is 52.6 Å². The largest absolute Gasteiger partial charge is 0.508 e. The fourth-order valence-corrected chi connectivity index (χ4v) is 6.10. The molecule has 3 fully saturated rings.